The molecular formula is C12H22BrNO. The maximum atomic E-state index is 11.6. The largest absolute Gasteiger partial charge is 0.356 e. The van der Waals surface area contributed by atoms with Gasteiger partial charge in [0.15, 0.2) is 0 Å². The van der Waals surface area contributed by atoms with Gasteiger partial charge in [0.05, 0.1) is 0 Å². The number of rotatable bonds is 5. The number of nitrogens with one attached hydrogen (secondary N) is 1. The Kier molecular flexibility index (Phi) is 5.10. The second-order valence-corrected chi connectivity index (χ2v) is 5.99. The summed E-state index contributed by atoms with van der Waals surface area (Å²) < 4.78 is 0. The first-order chi connectivity index (χ1) is 7.03. The van der Waals surface area contributed by atoms with Crippen LogP contribution in [0.15, 0.2) is 0 Å². The molecular weight excluding hydrogens is 254 g/mol. The van der Waals surface area contributed by atoms with Gasteiger partial charge in [0, 0.05) is 18.3 Å². The first-order valence-electron chi connectivity index (χ1n) is 5.86. The smallest absolute Gasteiger partial charge is 0.220 e. The molecule has 88 valence electrons. The molecule has 0 heterocycles. The summed E-state index contributed by atoms with van der Waals surface area (Å²) in [6, 6.07) is 0. The number of carbonyl (C=O) groups is 1. The van der Waals surface area contributed by atoms with Crippen molar-refractivity contribution in [2.45, 2.75) is 46.0 Å². The molecule has 1 fully saturated rings. The van der Waals surface area contributed by atoms with Crippen LogP contribution in [-0.4, -0.2) is 17.8 Å². The van der Waals surface area contributed by atoms with Gasteiger partial charge in [-0.3, -0.25) is 4.79 Å². The molecule has 1 aliphatic rings. The number of halogens is 1. The van der Waals surface area contributed by atoms with Gasteiger partial charge in [0.2, 0.25) is 5.91 Å². The Morgan fingerprint density at radius 1 is 1.40 bits per heavy atom. The van der Waals surface area contributed by atoms with Crippen molar-refractivity contribution in [1.82, 2.24) is 5.32 Å². The van der Waals surface area contributed by atoms with E-state index in [1.165, 1.54) is 25.7 Å². The zero-order valence-electron chi connectivity index (χ0n) is 9.81. The van der Waals surface area contributed by atoms with E-state index in [-0.39, 0.29) is 11.3 Å². The van der Waals surface area contributed by atoms with Crippen LogP contribution in [0, 0.1) is 11.3 Å². The first kappa shape index (κ1) is 13.0. The standard InChI is InChI=1S/C12H22BrNO/c1-12(2,8-13)9-14-11(15)7-10-5-3-4-6-10/h10H,3-9H2,1-2H3,(H,14,15). The van der Waals surface area contributed by atoms with Gasteiger partial charge < -0.3 is 5.32 Å². The highest BCUT2D eigenvalue weighted by Crippen LogP contribution is 2.27. The molecule has 2 nitrogen and oxygen atoms in total. The van der Waals surface area contributed by atoms with Crippen LogP contribution in [-0.2, 0) is 4.79 Å². The SMILES string of the molecule is CC(C)(CBr)CNC(=O)CC1CCCC1. The fourth-order valence-corrected chi connectivity index (χ4v) is 2.13. The second kappa shape index (κ2) is 5.88. The molecule has 0 radical (unpaired) electrons. The number of amides is 1. The Bertz CT molecular complexity index is 210. The third-order valence-electron chi connectivity index (χ3n) is 3.07. The van der Waals surface area contributed by atoms with Crippen molar-refractivity contribution < 1.29 is 4.79 Å². The van der Waals surface area contributed by atoms with Crippen molar-refractivity contribution in [2.24, 2.45) is 11.3 Å². The molecule has 0 saturated heterocycles. The summed E-state index contributed by atoms with van der Waals surface area (Å²) in [4.78, 5) is 11.6. The van der Waals surface area contributed by atoms with E-state index in [1.807, 2.05) is 0 Å². The van der Waals surface area contributed by atoms with Crippen LogP contribution in [0.25, 0.3) is 0 Å². The van der Waals surface area contributed by atoms with Crippen LogP contribution < -0.4 is 5.32 Å². The van der Waals surface area contributed by atoms with Gasteiger partial charge in [0.1, 0.15) is 0 Å². The summed E-state index contributed by atoms with van der Waals surface area (Å²) in [7, 11) is 0. The lowest BCUT2D eigenvalue weighted by molar-refractivity contribution is -0.122. The fraction of sp³-hybridized carbons (Fsp3) is 0.917. The lowest BCUT2D eigenvalue weighted by Crippen LogP contribution is -2.35. The monoisotopic (exact) mass is 275 g/mol. The molecule has 0 bridgehead atoms. The summed E-state index contributed by atoms with van der Waals surface area (Å²) in [5, 5.41) is 3.95. The number of alkyl halides is 1. The number of hydrogen-bond donors (Lipinski definition) is 1. The van der Waals surface area contributed by atoms with Gasteiger partial charge in [0.25, 0.3) is 0 Å². The second-order valence-electron chi connectivity index (χ2n) is 5.43. The Labute approximate surface area is 101 Å². The maximum Gasteiger partial charge on any atom is 0.220 e. The molecule has 0 aromatic carbocycles. The van der Waals surface area contributed by atoms with Crippen molar-refractivity contribution >= 4 is 21.8 Å². The summed E-state index contributed by atoms with van der Waals surface area (Å²) in [5.74, 6) is 0.882. The quantitative estimate of drug-likeness (QED) is 0.768. The minimum atomic E-state index is 0.158. The zero-order valence-corrected chi connectivity index (χ0v) is 11.4. The topological polar surface area (TPSA) is 29.1 Å². The average molecular weight is 276 g/mol. The molecule has 1 N–H and O–H groups in total. The van der Waals surface area contributed by atoms with Crippen LogP contribution in [0.3, 0.4) is 0 Å². The molecule has 1 saturated carbocycles. The van der Waals surface area contributed by atoms with Gasteiger partial charge in [-0.1, -0.05) is 42.6 Å². The van der Waals surface area contributed by atoms with E-state index in [4.69, 9.17) is 0 Å². The fourth-order valence-electron chi connectivity index (χ4n) is 1.93. The van der Waals surface area contributed by atoms with E-state index in [9.17, 15) is 4.79 Å². The van der Waals surface area contributed by atoms with E-state index in [0.717, 1.165) is 18.3 Å². The van der Waals surface area contributed by atoms with Crippen molar-refractivity contribution in [3.8, 4) is 0 Å². The molecule has 0 aliphatic heterocycles. The lowest BCUT2D eigenvalue weighted by Gasteiger charge is -2.22. The molecule has 0 aromatic rings. The van der Waals surface area contributed by atoms with E-state index >= 15 is 0 Å². The molecule has 1 aliphatic carbocycles. The van der Waals surface area contributed by atoms with Gasteiger partial charge >= 0.3 is 0 Å². The Balaban J connectivity index is 2.18. The van der Waals surface area contributed by atoms with Crippen LogP contribution in [0.4, 0.5) is 0 Å². The Morgan fingerprint density at radius 3 is 2.53 bits per heavy atom. The summed E-state index contributed by atoms with van der Waals surface area (Å²) in [6.45, 7) is 5.07. The van der Waals surface area contributed by atoms with E-state index in [2.05, 4.69) is 35.1 Å². The lowest BCUT2D eigenvalue weighted by atomic mass is 9.96. The van der Waals surface area contributed by atoms with Crippen LogP contribution >= 0.6 is 15.9 Å². The first-order valence-corrected chi connectivity index (χ1v) is 6.98. The van der Waals surface area contributed by atoms with E-state index in [0.29, 0.717) is 5.92 Å². The molecule has 3 heteroatoms. The van der Waals surface area contributed by atoms with Crippen LogP contribution in [0.2, 0.25) is 0 Å². The average Bonchev–Trinajstić information content (AvgIpc) is 2.68. The van der Waals surface area contributed by atoms with Crippen molar-refractivity contribution in [2.75, 3.05) is 11.9 Å². The molecule has 1 amide bonds. The van der Waals surface area contributed by atoms with Crippen LogP contribution in [0.1, 0.15) is 46.0 Å². The minimum Gasteiger partial charge on any atom is -0.356 e. The third kappa shape index (κ3) is 5.01. The summed E-state index contributed by atoms with van der Waals surface area (Å²) in [5.41, 5.74) is 0.158. The number of carbonyl (C=O) groups excluding carboxylic acids is 1. The molecule has 0 unspecified atom stereocenters. The maximum absolute atomic E-state index is 11.6. The Hall–Kier alpha value is -0.0500. The molecule has 1 rings (SSSR count). The Morgan fingerprint density at radius 2 is 2.00 bits per heavy atom. The van der Waals surface area contributed by atoms with Crippen molar-refractivity contribution in [3.63, 3.8) is 0 Å². The third-order valence-corrected chi connectivity index (χ3v) is 4.59. The van der Waals surface area contributed by atoms with Crippen molar-refractivity contribution in [3.05, 3.63) is 0 Å². The minimum absolute atomic E-state index is 0.158. The van der Waals surface area contributed by atoms with Gasteiger partial charge in [-0.15, -0.1) is 0 Å². The highest BCUT2D eigenvalue weighted by Gasteiger charge is 2.20. The predicted molar refractivity (Wildman–Crippen MR) is 67.2 cm³/mol. The highest BCUT2D eigenvalue weighted by atomic mass is 79.9. The van der Waals surface area contributed by atoms with Gasteiger partial charge in [-0.25, -0.2) is 0 Å². The zero-order chi connectivity index (χ0) is 11.3. The molecule has 0 aromatic heterocycles. The van der Waals surface area contributed by atoms with Gasteiger partial charge in [-0.2, -0.15) is 0 Å². The molecule has 0 spiro atoms. The van der Waals surface area contributed by atoms with Crippen LogP contribution in [0.5, 0.6) is 0 Å². The highest BCUT2D eigenvalue weighted by molar-refractivity contribution is 9.09. The summed E-state index contributed by atoms with van der Waals surface area (Å²) >= 11 is 3.46. The summed E-state index contributed by atoms with van der Waals surface area (Å²) in [6.07, 6.45) is 5.85. The van der Waals surface area contributed by atoms with Crippen molar-refractivity contribution in [1.29, 1.82) is 0 Å². The molecule has 0 atom stereocenters. The molecule has 15 heavy (non-hydrogen) atoms. The predicted octanol–water partition coefficient (Wildman–Crippen LogP) is 3.10. The van der Waals surface area contributed by atoms with E-state index < -0.39 is 0 Å². The van der Waals surface area contributed by atoms with E-state index in [1.54, 1.807) is 0 Å². The van der Waals surface area contributed by atoms with Gasteiger partial charge in [-0.05, 0) is 24.2 Å². The number of hydrogen-bond acceptors (Lipinski definition) is 1. The normalized spacial score (nSPS) is 18.1.